The summed E-state index contributed by atoms with van der Waals surface area (Å²) < 4.78 is 5.62. The molecule has 0 radical (unpaired) electrons. The van der Waals surface area contributed by atoms with E-state index in [1.54, 1.807) is 16.4 Å². The predicted molar refractivity (Wildman–Crippen MR) is 119 cm³/mol. The van der Waals surface area contributed by atoms with E-state index in [-0.39, 0.29) is 0 Å². The number of hydrogen-bond donors (Lipinski definition) is 0. The minimum atomic E-state index is 0.732. The third kappa shape index (κ3) is 3.23. The van der Waals surface area contributed by atoms with Crippen LogP contribution >= 0.6 is 11.8 Å². The van der Waals surface area contributed by atoms with Crippen LogP contribution in [0.15, 0.2) is 65.3 Å². The molecule has 8 nitrogen and oxygen atoms in total. The molecule has 31 heavy (non-hydrogen) atoms. The third-order valence-corrected chi connectivity index (χ3v) is 6.25. The molecule has 0 saturated heterocycles. The van der Waals surface area contributed by atoms with Crippen LogP contribution in [0.2, 0.25) is 0 Å². The van der Waals surface area contributed by atoms with Gasteiger partial charge in [0.15, 0.2) is 5.65 Å². The van der Waals surface area contributed by atoms with Crippen LogP contribution < -0.4 is 0 Å². The molecule has 5 aromatic rings. The molecule has 0 aromatic carbocycles. The van der Waals surface area contributed by atoms with Crippen molar-refractivity contribution in [2.24, 2.45) is 14.1 Å². The highest BCUT2D eigenvalue weighted by atomic mass is 32.2. The van der Waals surface area contributed by atoms with Gasteiger partial charge in [-0.15, -0.1) is 10.2 Å². The Labute approximate surface area is 182 Å². The van der Waals surface area contributed by atoms with Crippen LogP contribution in [0.4, 0.5) is 0 Å². The summed E-state index contributed by atoms with van der Waals surface area (Å²) in [5.74, 6) is 0. The molecule has 5 heterocycles. The van der Waals surface area contributed by atoms with Crippen molar-refractivity contribution in [1.82, 2.24) is 39.1 Å². The van der Waals surface area contributed by atoms with Gasteiger partial charge < -0.3 is 4.57 Å². The van der Waals surface area contributed by atoms with Gasteiger partial charge in [0.25, 0.3) is 0 Å². The van der Waals surface area contributed by atoms with Gasteiger partial charge in [-0.3, -0.25) is 9.67 Å². The number of aromatic nitrogens is 8. The minimum Gasteiger partial charge on any atom is -0.357 e. The average Bonchev–Trinajstić information content (AvgIpc) is 3.54. The van der Waals surface area contributed by atoms with Crippen molar-refractivity contribution in [2.75, 3.05) is 0 Å². The number of allylic oxidation sites excluding steroid dienone is 1. The summed E-state index contributed by atoms with van der Waals surface area (Å²) in [6.07, 6.45) is 12.8. The van der Waals surface area contributed by atoms with Crippen LogP contribution in [-0.2, 0) is 20.5 Å². The summed E-state index contributed by atoms with van der Waals surface area (Å²) >= 11 is 1.59. The molecule has 0 unspecified atom stereocenters. The van der Waals surface area contributed by atoms with Gasteiger partial charge in [-0.25, -0.2) is 0 Å². The van der Waals surface area contributed by atoms with E-state index in [9.17, 15) is 0 Å². The standard InChI is InChI=1S/C22H18N8S/c1-28-6-5-14(12-28)19-3-4-21-25-26-22(30(21)27-19)31-18-8-15-7-16(10-23-20(15)9-18)17-11-24-29(2)13-17/h3-7,9-13H,8H2,1-2H3. The lowest BCUT2D eigenvalue weighted by Crippen LogP contribution is -1.96. The number of pyridine rings is 1. The fraction of sp³-hybridized carbons (Fsp3) is 0.136. The summed E-state index contributed by atoms with van der Waals surface area (Å²) in [6, 6.07) is 8.17. The first-order chi connectivity index (χ1) is 15.1. The zero-order valence-corrected chi connectivity index (χ0v) is 17.8. The lowest BCUT2D eigenvalue weighted by atomic mass is 10.1. The Bertz CT molecular complexity index is 1470. The number of aryl methyl sites for hydroxylation is 2. The molecule has 9 heteroatoms. The smallest absolute Gasteiger partial charge is 0.216 e. The van der Waals surface area contributed by atoms with Gasteiger partial charge in [-0.1, -0.05) is 11.8 Å². The molecular weight excluding hydrogens is 408 g/mol. The van der Waals surface area contributed by atoms with Crippen LogP contribution in [-0.4, -0.2) is 39.1 Å². The highest BCUT2D eigenvalue weighted by Gasteiger charge is 2.19. The Hall–Kier alpha value is -3.72. The summed E-state index contributed by atoms with van der Waals surface area (Å²) in [5.41, 5.74) is 7.04. The molecule has 0 amide bonds. The highest BCUT2D eigenvalue weighted by molar-refractivity contribution is 8.03. The first-order valence-electron chi connectivity index (χ1n) is 9.83. The quantitative estimate of drug-likeness (QED) is 0.437. The fourth-order valence-electron chi connectivity index (χ4n) is 3.74. The Balaban J connectivity index is 1.28. The van der Waals surface area contributed by atoms with Crippen LogP contribution in [0, 0.1) is 0 Å². The molecule has 0 spiro atoms. The molecule has 0 bridgehead atoms. The molecule has 0 N–H and O–H groups in total. The van der Waals surface area contributed by atoms with Gasteiger partial charge in [0.1, 0.15) is 0 Å². The lowest BCUT2D eigenvalue weighted by Gasteiger charge is -2.03. The molecule has 0 fully saturated rings. The van der Waals surface area contributed by atoms with E-state index < -0.39 is 0 Å². The maximum absolute atomic E-state index is 4.77. The van der Waals surface area contributed by atoms with Gasteiger partial charge in [-0.2, -0.15) is 14.7 Å². The number of thioether (sulfide) groups is 1. The molecule has 1 aliphatic carbocycles. The van der Waals surface area contributed by atoms with E-state index in [1.165, 1.54) is 10.5 Å². The molecule has 6 rings (SSSR count). The van der Waals surface area contributed by atoms with E-state index in [4.69, 9.17) is 5.10 Å². The molecule has 5 aromatic heterocycles. The van der Waals surface area contributed by atoms with Crippen LogP contribution in [0.25, 0.3) is 34.1 Å². The summed E-state index contributed by atoms with van der Waals surface area (Å²) in [5, 5.41) is 18.4. The van der Waals surface area contributed by atoms with Crippen molar-refractivity contribution in [3.05, 3.63) is 71.4 Å². The Morgan fingerprint density at radius 1 is 0.968 bits per heavy atom. The van der Waals surface area contributed by atoms with Crippen molar-refractivity contribution < 1.29 is 0 Å². The largest absolute Gasteiger partial charge is 0.357 e. The fourth-order valence-corrected chi connectivity index (χ4v) is 4.67. The lowest BCUT2D eigenvalue weighted by molar-refractivity contribution is 0.768. The van der Waals surface area contributed by atoms with Gasteiger partial charge in [0.05, 0.1) is 17.6 Å². The number of rotatable bonds is 4. The predicted octanol–water partition coefficient (Wildman–Crippen LogP) is 3.61. The Kier molecular flexibility index (Phi) is 4.03. The van der Waals surface area contributed by atoms with Crippen LogP contribution in [0.1, 0.15) is 11.3 Å². The van der Waals surface area contributed by atoms with Crippen molar-refractivity contribution in [3.8, 4) is 22.4 Å². The SMILES string of the molecule is Cn1ccc(-c2ccc3nnc(SC4=Cc5ncc(-c6cnn(C)c6)cc5C4)n3n2)c1. The number of nitrogens with zero attached hydrogens (tertiary/aromatic N) is 8. The van der Waals surface area contributed by atoms with Gasteiger partial charge in [0.2, 0.25) is 5.16 Å². The van der Waals surface area contributed by atoms with Gasteiger partial charge in [-0.05, 0) is 40.8 Å². The molecule has 152 valence electrons. The van der Waals surface area contributed by atoms with Gasteiger partial charge in [0, 0.05) is 62.0 Å². The second-order valence-electron chi connectivity index (χ2n) is 7.60. The van der Waals surface area contributed by atoms with E-state index in [0.717, 1.165) is 45.3 Å². The van der Waals surface area contributed by atoms with E-state index in [1.807, 2.05) is 72.4 Å². The molecule has 0 atom stereocenters. The van der Waals surface area contributed by atoms with Crippen molar-refractivity contribution in [2.45, 2.75) is 11.6 Å². The Morgan fingerprint density at radius 2 is 1.90 bits per heavy atom. The first kappa shape index (κ1) is 18.1. The van der Waals surface area contributed by atoms with Crippen molar-refractivity contribution >= 4 is 23.5 Å². The third-order valence-electron chi connectivity index (χ3n) is 5.29. The first-order valence-corrected chi connectivity index (χ1v) is 10.7. The Morgan fingerprint density at radius 3 is 2.71 bits per heavy atom. The summed E-state index contributed by atoms with van der Waals surface area (Å²) in [4.78, 5) is 5.83. The summed E-state index contributed by atoms with van der Waals surface area (Å²) in [7, 11) is 3.92. The second kappa shape index (κ2) is 6.92. The van der Waals surface area contributed by atoms with Crippen LogP contribution in [0.3, 0.4) is 0 Å². The van der Waals surface area contributed by atoms with Crippen molar-refractivity contribution in [3.63, 3.8) is 0 Å². The highest BCUT2D eigenvalue weighted by Crippen LogP contribution is 2.36. The average molecular weight is 427 g/mol. The topological polar surface area (TPSA) is 78.7 Å². The zero-order valence-electron chi connectivity index (χ0n) is 17.0. The molecule has 1 aliphatic rings. The second-order valence-corrected chi connectivity index (χ2v) is 8.69. The maximum Gasteiger partial charge on any atom is 0.216 e. The van der Waals surface area contributed by atoms with Crippen molar-refractivity contribution in [1.29, 1.82) is 0 Å². The molecule has 0 aliphatic heterocycles. The minimum absolute atomic E-state index is 0.732. The number of fused-ring (bicyclic) bond motifs is 2. The normalized spacial score (nSPS) is 13.0. The monoisotopic (exact) mass is 426 g/mol. The zero-order chi connectivity index (χ0) is 20.9. The summed E-state index contributed by atoms with van der Waals surface area (Å²) in [6.45, 7) is 0. The maximum atomic E-state index is 4.77. The van der Waals surface area contributed by atoms with Gasteiger partial charge >= 0.3 is 0 Å². The molecule has 0 saturated carbocycles. The van der Waals surface area contributed by atoms with E-state index >= 15 is 0 Å². The van der Waals surface area contributed by atoms with E-state index in [0.29, 0.717) is 0 Å². The van der Waals surface area contributed by atoms with E-state index in [2.05, 4.69) is 32.4 Å². The van der Waals surface area contributed by atoms with Crippen LogP contribution in [0.5, 0.6) is 0 Å². The molecular formula is C22H18N8S. The number of hydrogen-bond acceptors (Lipinski definition) is 6.